The van der Waals surface area contributed by atoms with E-state index in [9.17, 15) is 9.18 Å². The van der Waals surface area contributed by atoms with Crippen molar-refractivity contribution in [2.24, 2.45) is 0 Å². The van der Waals surface area contributed by atoms with Crippen LogP contribution in [0.15, 0.2) is 48.8 Å². The number of hydrogen-bond acceptors (Lipinski definition) is 3. The SMILES string of the molecule is Cc1ccc(F)cc1C(=O)c1ccc2nccnc2c1. The second-order valence-corrected chi connectivity index (χ2v) is 4.55. The monoisotopic (exact) mass is 266 g/mol. The molecule has 2 aromatic carbocycles. The lowest BCUT2D eigenvalue weighted by Crippen LogP contribution is -2.04. The van der Waals surface area contributed by atoms with E-state index < -0.39 is 5.82 Å². The summed E-state index contributed by atoms with van der Waals surface area (Å²) in [6.45, 7) is 1.79. The van der Waals surface area contributed by atoms with Crippen molar-refractivity contribution in [3.8, 4) is 0 Å². The number of rotatable bonds is 2. The Bertz CT molecular complexity index is 814. The minimum atomic E-state index is -0.417. The van der Waals surface area contributed by atoms with E-state index in [-0.39, 0.29) is 5.78 Å². The topological polar surface area (TPSA) is 42.9 Å². The lowest BCUT2D eigenvalue weighted by molar-refractivity contribution is 0.103. The fraction of sp³-hybridized carbons (Fsp3) is 0.0625. The summed E-state index contributed by atoms with van der Waals surface area (Å²) in [5.41, 5.74) is 2.96. The van der Waals surface area contributed by atoms with E-state index >= 15 is 0 Å². The zero-order valence-electron chi connectivity index (χ0n) is 10.8. The molecule has 0 saturated heterocycles. The molecule has 3 aromatic rings. The van der Waals surface area contributed by atoms with Gasteiger partial charge in [-0.15, -0.1) is 0 Å². The van der Waals surface area contributed by atoms with Crippen LogP contribution < -0.4 is 0 Å². The maximum Gasteiger partial charge on any atom is 0.193 e. The van der Waals surface area contributed by atoms with Crippen molar-refractivity contribution in [1.82, 2.24) is 9.97 Å². The van der Waals surface area contributed by atoms with E-state index in [1.807, 2.05) is 0 Å². The molecule has 0 amide bonds. The molecule has 4 heteroatoms. The van der Waals surface area contributed by atoms with E-state index in [4.69, 9.17) is 0 Å². The summed E-state index contributed by atoms with van der Waals surface area (Å²) in [5, 5.41) is 0. The number of fused-ring (bicyclic) bond motifs is 1. The van der Waals surface area contributed by atoms with Crippen molar-refractivity contribution in [3.63, 3.8) is 0 Å². The van der Waals surface area contributed by atoms with Gasteiger partial charge in [0.2, 0.25) is 0 Å². The highest BCUT2D eigenvalue weighted by atomic mass is 19.1. The largest absolute Gasteiger partial charge is 0.289 e. The van der Waals surface area contributed by atoms with Gasteiger partial charge >= 0.3 is 0 Å². The van der Waals surface area contributed by atoms with Crippen LogP contribution in [0.5, 0.6) is 0 Å². The molecule has 20 heavy (non-hydrogen) atoms. The van der Waals surface area contributed by atoms with Crippen molar-refractivity contribution in [3.05, 3.63) is 71.3 Å². The quantitative estimate of drug-likeness (QED) is 0.668. The third-order valence-electron chi connectivity index (χ3n) is 3.18. The number of aryl methyl sites for hydroxylation is 1. The summed E-state index contributed by atoms with van der Waals surface area (Å²) in [6.07, 6.45) is 3.17. The number of halogens is 1. The van der Waals surface area contributed by atoms with Gasteiger partial charge in [0, 0.05) is 23.5 Å². The molecule has 0 aliphatic carbocycles. The molecule has 0 saturated carbocycles. The number of carbonyl (C=O) groups is 1. The fourth-order valence-electron chi connectivity index (χ4n) is 2.10. The molecule has 1 heterocycles. The van der Waals surface area contributed by atoms with Gasteiger partial charge in [0.15, 0.2) is 5.78 Å². The molecule has 3 rings (SSSR count). The summed E-state index contributed by atoms with van der Waals surface area (Å²) >= 11 is 0. The van der Waals surface area contributed by atoms with E-state index in [2.05, 4.69) is 9.97 Å². The Kier molecular flexibility index (Phi) is 2.99. The van der Waals surface area contributed by atoms with Crippen LogP contribution >= 0.6 is 0 Å². The number of ketones is 1. The Hall–Kier alpha value is -2.62. The molecule has 0 aliphatic heterocycles. The van der Waals surface area contributed by atoms with Crippen molar-refractivity contribution in [2.45, 2.75) is 6.92 Å². The van der Waals surface area contributed by atoms with Crippen molar-refractivity contribution >= 4 is 16.8 Å². The zero-order chi connectivity index (χ0) is 14.1. The molecule has 0 atom stereocenters. The first kappa shape index (κ1) is 12.4. The highest BCUT2D eigenvalue weighted by molar-refractivity contribution is 6.11. The zero-order valence-corrected chi connectivity index (χ0v) is 10.8. The lowest BCUT2D eigenvalue weighted by Gasteiger charge is -2.06. The molecule has 0 aliphatic rings. The molecule has 0 bridgehead atoms. The average Bonchev–Trinajstić information content (AvgIpc) is 2.48. The van der Waals surface area contributed by atoms with Crippen LogP contribution in [-0.2, 0) is 0 Å². The Balaban J connectivity index is 2.10. The van der Waals surface area contributed by atoms with E-state index in [0.717, 1.165) is 11.1 Å². The molecule has 3 nitrogen and oxygen atoms in total. The number of nitrogens with zero attached hydrogens (tertiary/aromatic N) is 2. The average molecular weight is 266 g/mol. The van der Waals surface area contributed by atoms with Crippen molar-refractivity contribution in [2.75, 3.05) is 0 Å². The van der Waals surface area contributed by atoms with Crippen LogP contribution in [0.1, 0.15) is 21.5 Å². The smallest absolute Gasteiger partial charge is 0.193 e. The van der Waals surface area contributed by atoms with Gasteiger partial charge in [-0.3, -0.25) is 14.8 Å². The fourth-order valence-corrected chi connectivity index (χ4v) is 2.10. The molecule has 1 aromatic heterocycles. The third kappa shape index (κ3) is 2.16. The van der Waals surface area contributed by atoms with Crippen LogP contribution in [0.2, 0.25) is 0 Å². The standard InChI is InChI=1S/C16H11FN2O/c1-10-2-4-12(17)9-13(10)16(20)11-3-5-14-15(8-11)19-7-6-18-14/h2-9H,1H3. The van der Waals surface area contributed by atoms with Gasteiger partial charge in [0.25, 0.3) is 0 Å². The summed E-state index contributed by atoms with van der Waals surface area (Å²) < 4.78 is 13.3. The summed E-state index contributed by atoms with van der Waals surface area (Å²) in [7, 11) is 0. The molecule has 98 valence electrons. The molecule has 0 fully saturated rings. The molecule has 0 unspecified atom stereocenters. The normalized spacial score (nSPS) is 10.7. The Labute approximate surface area is 115 Å². The van der Waals surface area contributed by atoms with E-state index in [0.29, 0.717) is 16.6 Å². The minimum Gasteiger partial charge on any atom is -0.289 e. The lowest BCUT2D eigenvalue weighted by atomic mass is 9.98. The molecular weight excluding hydrogens is 255 g/mol. The van der Waals surface area contributed by atoms with Gasteiger partial charge in [-0.1, -0.05) is 6.07 Å². The van der Waals surface area contributed by atoms with Crippen LogP contribution in [0.4, 0.5) is 4.39 Å². The first-order valence-corrected chi connectivity index (χ1v) is 6.17. The van der Waals surface area contributed by atoms with Gasteiger partial charge in [0.05, 0.1) is 11.0 Å². The maximum absolute atomic E-state index is 13.3. The second-order valence-electron chi connectivity index (χ2n) is 4.55. The van der Waals surface area contributed by atoms with Crippen LogP contribution in [0.25, 0.3) is 11.0 Å². The Morgan fingerprint density at radius 3 is 2.55 bits per heavy atom. The van der Waals surface area contributed by atoms with Gasteiger partial charge in [-0.05, 0) is 42.8 Å². The number of benzene rings is 2. The minimum absolute atomic E-state index is 0.213. The van der Waals surface area contributed by atoms with Crippen LogP contribution in [0, 0.1) is 12.7 Å². The predicted molar refractivity (Wildman–Crippen MR) is 74.1 cm³/mol. The second kappa shape index (κ2) is 4.81. The first-order chi connectivity index (χ1) is 9.65. The van der Waals surface area contributed by atoms with Gasteiger partial charge < -0.3 is 0 Å². The molecular formula is C16H11FN2O. The third-order valence-corrected chi connectivity index (χ3v) is 3.18. The predicted octanol–water partition coefficient (Wildman–Crippen LogP) is 3.31. The number of hydrogen-bond donors (Lipinski definition) is 0. The van der Waals surface area contributed by atoms with Crippen molar-refractivity contribution in [1.29, 1.82) is 0 Å². The van der Waals surface area contributed by atoms with Gasteiger partial charge in [-0.25, -0.2) is 4.39 Å². The maximum atomic E-state index is 13.3. The Morgan fingerprint density at radius 1 is 1.00 bits per heavy atom. The molecule has 0 N–H and O–H groups in total. The number of aromatic nitrogens is 2. The highest BCUT2D eigenvalue weighted by Gasteiger charge is 2.13. The summed E-state index contributed by atoms with van der Waals surface area (Å²) in [4.78, 5) is 20.8. The van der Waals surface area contributed by atoms with Gasteiger partial charge in [0.1, 0.15) is 5.82 Å². The summed E-state index contributed by atoms with van der Waals surface area (Å²) in [6, 6.07) is 9.31. The number of carbonyl (C=O) groups excluding carboxylic acids is 1. The van der Waals surface area contributed by atoms with Crippen LogP contribution in [0.3, 0.4) is 0 Å². The van der Waals surface area contributed by atoms with E-state index in [1.54, 1.807) is 43.6 Å². The van der Waals surface area contributed by atoms with Gasteiger partial charge in [-0.2, -0.15) is 0 Å². The molecule has 0 spiro atoms. The van der Waals surface area contributed by atoms with E-state index in [1.165, 1.54) is 12.1 Å². The first-order valence-electron chi connectivity index (χ1n) is 6.17. The Morgan fingerprint density at radius 2 is 1.75 bits per heavy atom. The van der Waals surface area contributed by atoms with Crippen molar-refractivity contribution < 1.29 is 9.18 Å². The van der Waals surface area contributed by atoms with Crippen LogP contribution in [-0.4, -0.2) is 15.8 Å². The highest BCUT2D eigenvalue weighted by Crippen LogP contribution is 2.18. The molecule has 0 radical (unpaired) electrons. The summed E-state index contributed by atoms with van der Waals surface area (Å²) in [5.74, 6) is -0.630.